The Morgan fingerprint density at radius 3 is 2.62 bits per heavy atom. The minimum Gasteiger partial charge on any atom is -0.375 e. The molecule has 6 heteroatoms. The van der Waals surface area contributed by atoms with E-state index in [1.807, 2.05) is 31.2 Å². The third kappa shape index (κ3) is 4.96. The fourth-order valence-electron chi connectivity index (χ4n) is 2.94. The number of methoxy groups -OCH3 is 1. The summed E-state index contributed by atoms with van der Waals surface area (Å²) in [6.45, 7) is 4.45. The predicted molar refractivity (Wildman–Crippen MR) is 94.3 cm³/mol. The highest BCUT2D eigenvalue weighted by Gasteiger charge is 2.23. The van der Waals surface area contributed by atoms with Crippen molar-refractivity contribution in [1.82, 2.24) is 10.6 Å². The number of nitrogens with one attached hydrogen (secondary N) is 2. The minimum atomic E-state index is -0.0738. The van der Waals surface area contributed by atoms with Gasteiger partial charge in [0.25, 0.3) is 5.91 Å². The Labute approximate surface area is 143 Å². The van der Waals surface area contributed by atoms with E-state index < -0.39 is 0 Å². The van der Waals surface area contributed by atoms with Gasteiger partial charge in [0.05, 0.1) is 5.56 Å². The van der Waals surface area contributed by atoms with Crippen LogP contribution in [0.25, 0.3) is 0 Å². The zero-order valence-corrected chi connectivity index (χ0v) is 14.5. The van der Waals surface area contributed by atoms with Crippen LogP contribution in [0.2, 0.25) is 0 Å². The van der Waals surface area contributed by atoms with E-state index in [4.69, 9.17) is 4.74 Å². The number of benzene rings is 1. The van der Waals surface area contributed by atoms with Crippen LogP contribution in [-0.2, 0) is 9.53 Å². The molecule has 1 aromatic carbocycles. The van der Waals surface area contributed by atoms with Crippen LogP contribution in [0.4, 0.5) is 5.69 Å². The predicted octanol–water partition coefficient (Wildman–Crippen LogP) is 1.56. The summed E-state index contributed by atoms with van der Waals surface area (Å²) >= 11 is 0. The number of hydrogen-bond donors (Lipinski definition) is 2. The van der Waals surface area contributed by atoms with Crippen molar-refractivity contribution in [2.75, 3.05) is 38.3 Å². The van der Waals surface area contributed by atoms with Gasteiger partial charge in [-0.2, -0.15) is 0 Å². The van der Waals surface area contributed by atoms with Gasteiger partial charge in [-0.05, 0) is 31.4 Å². The molecule has 0 radical (unpaired) electrons. The number of ether oxygens (including phenoxy) is 1. The summed E-state index contributed by atoms with van der Waals surface area (Å²) in [5, 5.41) is 5.93. The van der Waals surface area contributed by atoms with Gasteiger partial charge in [0.1, 0.15) is 6.61 Å². The number of carbonyl (C=O) groups excluding carboxylic acids is 2. The number of hydrogen-bond acceptors (Lipinski definition) is 4. The average molecular weight is 333 g/mol. The quantitative estimate of drug-likeness (QED) is 0.794. The molecule has 1 saturated heterocycles. The van der Waals surface area contributed by atoms with Crippen molar-refractivity contribution in [3.63, 3.8) is 0 Å². The lowest BCUT2D eigenvalue weighted by atomic mass is 10.0. The SMILES string of the molecule is CCCNC(=O)c1ccccc1N1CCC(NC(=O)COC)CC1. The zero-order valence-electron chi connectivity index (χ0n) is 14.5. The number of rotatable bonds is 7. The second-order valence-electron chi connectivity index (χ2n) is 6.03. The molecule has 1 aromatic rings. The number of amides is 2. The fraction of sp³-hybridized carbons (Fsp3) is 0.556. The van der Waals surface area contributed by atoms with Gasteiger partial charge in [-0.1, -0.05) is 19.1 Å². The van der Waals surface area contributed by atoms with Crippen molar-refractivity contribution < 1.29 is 14.3 Å². The van der Waals surface area contributed by atoms with E-state index in [-0.39, 0.29) is 24.5 Å². The molecule has 1 fully saturated rings. The van der Waals surface area contributed by atoms with Gasteiger partial charge in [0.15, 0.2) is 0 Å². The Morgan fingerprint density at radius 2 is 1.96 bits per heavy atom. The third-order valence-electron chi connectivity index (χ3n) is 4.16. The highest BCUT2D eigenvalue weighted by atomic mass is 16.5. The van der Waals surface area contributed by atoms with Crippen LogP contribution >= 0.6 is 0 Å². The van der Waals surface area contributed by atoms with Crippen molar-refractivity contribution in [2.45, 2.75) is 32.2 Å². The molecule has 2 amide bonds. The van der Waals surface area contributed by atoms with Crippen LogP contribution < -0.4 is 15.5 Å². The number of nitrogens with zero attached hydrogens (tertiary/aromatic N) is 1. The lowest BCUT2D eigenvalue weighted by Crippen LogP contribution is -2.46. The fourth-order valence-corrected chi connectivity index (χ4v) is 2.94. The molecule has 0 bridgehead atoms. The largest absolute Gasteiger partial charge is 0.375 e. The normalized spacial score (nSPS) is 15.2. The molecule has 1 aliphatic heterocycles. The molecule has 0 aliphatic carbocycles. The summed E-state index contributed by atoms with van der Waals surface area (Å²) in [7, 11) is 1.52. The smallest absolute Gasteiger partial charge is 0.253 e. The number of piperidine rings is 1. The first-order chi connectivity index (χ1) is 11.7. The number of carbonyl (C=O) groups is 2. The first-order valence-corrected chi connectivity index (χ1v) is 8.56. The highest BCUT2D eigenvalue weighted by molar-refractivity contribution is 5.99. The maximum Gasteiger partial charge on any atom is 0.253 e. The van der Waals surface area contributed by atoms with Crippen molar-refractivity contribution in [3.05, 3.63) is 29.8 Å². The summed E-state index contributed by atoms with van der Waals surface area (Å²) in [5.74, 6) is -0.0988. The maximum absolute atomic E-state index is 12.3. The van der Waals surface area contributed by atoms with Crippen LogP contribution in [0, 0.1) is 0 Å². The summed E-state index contributed by atoms with van der Waals surface area (Å²) in [6.07, 6.45) is 2.64. The summed E-state index contributed by atoms with van der Waals surface area (Å²) < 4.78 is 4.84. The van der Waals surface area contributed by atoms with Gasteiger partial charge in [0, 0.05) is 38.5 Å². The molecule has 1 aliphatic rings. The van der Waals surface area contributed by atoms with Gasteiger partial charge in [-0.25, -0.2) is 0 Å². The molecular formula is C18H27N3O3. The van der Waals surface area contributed by atoms with Gasteiger partial charge < -0.3 is 20.3 Å². The Balaban J connectivity index is 1.96. The first kappa shape index (κ1) is 18.3. The van der Waals surface area contributed by atoms with Gasteiger partial charge in [-0.3, -0.25) is 9.59 Å². The summed E-state index contributed by atoms with van der Waals surface area (Å²) in [5.41, 5.74) is 1.68. The van der Waals surface area contributed by atoms with Gasteiger partial charge >= 0.3 is 0 Å². The van der Waals surface area contributed by atoms with Crippen LogP contribution in [0.3, 0.4) is 0 Å². The second kappa shape index (κ2) is 9.27. The molecule has 0 aromatic heterocycles. The van der Waals surface area contributed by atoms with Crippen molar-refractivity contribution >= 4 is 17.5 Å². The summed E-state index contributed by atoms with van der Waals surface area (Å²) in [4.78, 5) is 26.2. The lowest BCUT2D eigenvalue weighted by molar-refractivity contribution is -0.125. The Hall–Kier alpha value is -2.08. The third-order valence-corrected chi connectivity index (χ3v) is 4.16. The summed E-state index contributed by atoms with van der Waals surface area (Å²) in [6, 6.07) is 7.88. The van der Waals surface area contributed by atoms with Crippen molar-refractivity contribution in [1.29, 1.82) is 0 Å². The molecule has 1 heterocycles. The molecule has 2 rings (SSSR count). The Morgan fingerprint density at radius 1 is 1.25 bits per heavy atom. The maximum atomic E-state index is 12.3. The molecule has 132 valence electrons. The van der Waals surface area contributed by atoms with E-state index in [0.29, 0.717) is 12.1 Å². The van der Waals surface area contributed by atoms with E-state index in [1.165, 1.54) is 7.11 Å². The van der Waals surface area contributed by atoms with E-state index >= 15 is 0 Å². The highest BCUT2D eigenvalue weighted by Crippen LogP contribution is 2.24. The molecule has 0 atom stereocenters. The van der Waals surface area contributed by atoms with Crippen LogP contribution in [0.5, 0.6) is 0 Å². The molecule has 0 spiro atoms. The number of para-hydroxylation sites is 1. The Bertz CT molecular complexity index is 554. The van der Waals surface area contributed by atoms with E-state index in [1.54, 1.807) is 0 Å². The van der Waals surface area contributed by atoms with E-state index in [9.17, 15) is 9.59 Å². The molecule has 0 unspecified atom stereocenters. The van der Waals surface area contributed by atoms with Crippen LogP contribution in [0.15, 0.2) is 24.3 Å². The zero-order chi connectivity index (χ0) is 17.4. The molecule has 6 nitrogen and oxygen atoms in total. The molecule has 2 N–H and O–H groups in total. The van der Waals surface area contributed by atoms with Gasteiger partial charge in [0.2, 0.25) is 5.91 Å². The second-order valence-corrected chi connectivity index (χ2v) is 6.03. The average Bonchev–Trinajstić information content (AvgIpc) is 2.60. The first-order valence-electron chi connectivity index (χ1n) is 8.56. The van der Waals surface area contributed by atoms with E-state index in [0.717, 1.165) is 38.0 Å². The van der Waals surface area contributed by atoms with E-state index in [2.05, 4.69) is 15.5 Å². The van der Waals surface area contributed by atoms with Crippen LogP contribution in [-0.4, -0.2) is 51.2 Å². The molecule has 0 saturated carbocycles. The monoisotopic (exact) mass is 333 g/mol. The standard InChI is InChI=1S/C18H27N3O3/c1-3-10-19-18(23)15-6-4-5-7-16(15)21-11-8-14(9-12-21)20-17(22)13-24-2/h4-7,14H,3,8-13H2,1-2H3,(H,19,23)(H,20,22). The lowest BCUT2D eigenvalue weighted by Gasteiger charge is -2.34. The van der Waals surface area contributed by atoms with Crippen LogP contribution in [0.1, 0.15) is 36.5 Å². The minimum absolute atomic E-state index is 0.0250. The Kier molecular flexibility index (Phi) is 7.06. The van der Waals surface area contributed by atoms with Gasteiger partial charge in [-0.15, -0.1) is 0 Å². The topological polar surface area (TPSA) is 70.7 Å². The van der Waals surface area contributed by atoms with Crippen molar-refractivity contribution in [3.8, 4) is 0 Å². The molecular weight excluding hydrogens is 306 g/mol. The molecule has 24 heavy (non-hydrogen) atoms. The number of anilines is 1. The van der Waals surface area contributed by atoms with Crippen molar-refractivity contribution in [2.24, 2.45) is 0 Å².